The van der Waals surface area contributed by atoms with Crippen molar-refractivity contribution in [3.63, 3.8) is 0 Å². The molecule has 0 atom stereocenters. The average molecular weight is 352 g/mol. The Hall–Kier alpha value is -1.69. The lowest BCUT2D eigenvalue weighted by molar-refractivity contribution is 0.0718. The minimum absolute atomic E-state index is 0.0959. The number of carbonyl (C=O) groups excluding carboxylic acids is 1. The van der Waals surface area contributed by atoms with Gasteiger partial charge in [0.2, 0.25) is 0 Å². The van der Waals surface area contributed by atoms with Crippen LogP contribution < -0.4 is 0 Å². The molecule has 1 fully saturated rings. The number of aromatic nitrogens is 2. The first kappa shape index (κ1) is 14.3. The minimum Gasteiger partial charge on any atom is -0.337 e. The number of carbonyl (C=O) groups is 1. The zero-order valence-corrected chi connectivity index (χ0v) is 13.2. The molecule has 1 aliphatic rings. The average Bonchev–Trinajstić information content (AvgIpc) is 3.19. The van der Waals surface area contributed by atoms with E-state index in [1.807, 2.05) is 17.8 Å². The molecule has 0 spiro atoms. The van der Waals surface area contributed by atoms with Crippen LogP contribution in [0.3, 0.4) is 0 Å². The van der Waals surface area contributed by atoms with E-state index in [1.165, 1.54) is 6.07 Å². The van der Waals surface area contributed by atoms with E-state index in [0.717, 1.165) is 18.7 Å². The van der Waals surface area contributed by atoms with E-state index >= 15 is 0 Å². The first-order valence-electron chi connectivity index (χ1n) is 6.79. The summed E-state index contributed by atoms with van der Waals surface area (Å²) in [6.07, 6.45) is 5.46. The van der Waals surface area contributed by atoms with E-state index in [2.05, 4.69) is 20.9 Å². The van der Waals surface area contributed by atoms with Crippen molar-refractivity contribution in [3.05, 3.63) is 52.3 Å². The van der Waals surface area contributed by atoms with Gasteiger partial charge in [0.05, 0.1) is 12.1 Å². The van der Waals surface area contributed by atoms with Gasteiger partial charge in [-0.2, -0.15) is 0 Å². The summed E-state index contributed by atoms with van der Waals surface area (Å²) in [5.41, 5.74) is 0.0959. The monoisotopic (exact) mass is 351 g/mol. The van der Waals surface area contributed by atoms with Crippen molar-refractivity contribution in [2.75, 3.05) is 0 Å². The van der Waals surface area contributed by atoms with Gasteiger partial charge in [-0.15, -0.1) is 0 Å². The minimum atomic E-state index is -0.500. The van der Waals surface area contributed by atoms with Gasteiger partial charge >= 0.3 is 0 Å². The van der Waals surface area contributed by atoms with Crippen molar-refractivity contribution >= 4 is 21.8 Å². The molecule has 1 heterocycles. The lowest BCUT2D eigenvalue weighted by atomic mass is 10.2. The van der Waals surface area contributed by atoms with Crippen molar-refractivity contribution in [1.82, 2.24) is 14.5 Å². The summed E-state index contributed by atoms with van der Waals surface area (Å²) >= 11 is 3.27. The lowest BCUT2D eigenvalue weighted by Crippen LogP contribution is -2.34. The molecule has 1 saturated carbocycles. The molecule has 0 N–H and O–H groups in total. The van der Waals surface area contributed by atoms with Crippen LogP contribution in [0.25, 0.3) is 0 Å². The zero-order chi connectivity index (χ0) is 15.0. The number of hydrogen-bond donors (Lipinski definition) is 0. The maximum absolute atomic E-state index is 14.0. The first-order valence-corrected chi connectivity index (χ1v) is 7.58. The predicted molar refractivity (Wildman–Crippen MR) is 80.2 cm³/mol. The van der Waals surface area contributed by atoms with E-state index in [4.69, 9.17) is 0 Å². The van der Waals surface area contributed by atoms with Crippen LogP contribution >= 0.6 is 15.9 Å². The van der Waals surface area contributed by atoms with Crippen LogP contribution in [0.5, 0.6) is 0 Å². The van der Waals surface area contributed by atoms with Crippen molar-refractivity contribution in [2.45, 2.75) is 25.4 Å². The van der Waals surface area contributed by atoms with E-state index < -0.39 is 5.82 Å². The summed E-state index contributed by atoms with van der Waals surface area (Å²) in [6, 6.07) is 4.75. The third-order valence-corrected chi connectivity index (χ3v) is 4.32. The fourth-order valence-corrected chi connectivity index (χ4v) is 2.81. The van der Waals surface area contributed by atoms with Crippen LogP contribution in [0, 0.1) is 5.82 Å². The van der Waals surface area contributed by atoms with Gasteiger partial charge in [-0.1, -0.05) is 6.07 Å². The second-order valence-corrected chi connectivity index (χ2v) is 6.07. The van der Waals surface area contributed by atoms with E-state index in [0.29, 0.717) is 11.0 Å². The van der Waals surface area contributed by atoms with Gasteiger partial charge in [0.15, 0.2) is 0 Å². The number of hydrogen-bond acceptors (Lipinski definition) is 2. The smallest absolute Gasteiger partial charge is 0.258 e. The number of amides is 1. The molecule has 0 radical (unpaired) electrons. The Labute approximate surface area is 130 Å². The molecule has 1 aromatic heterocycles. The van der Waals surface area contributed by atoms with Crippen molar-refractivity contribution in [1.29, 1.82) is 0 Å². The van der Waals surface area contributed by atoms with Crippen LogP contribution in [-0.2, 0) is 13.6 Å². The third-order valence-electron chi connectivity index (χ3n) is 3.66. The number of benzene rings is 1. The SMILES string of the molecule is Cn1ccnc1CN(C(=O)c1c(F)cccc1Br)C1CC1. The number of aryl methyl sites for hydroxylation is 1. The molecule has 1 amide bonds. The molecule has 0 saturated heterocycles. The molecule has 1 aromatic carbocycles. The first-order chi connectivity index (χ1) is 10.1. The molecule has 0 unspecified atom stereocenters. The third kappa shape index (κ3) is 2.85. The van der Waals surface area contributed by atoms with Gasteiger partial charge in [0.1, 0.15) is 11.6 Å². The zero-order valence-electron chi connectivity index (χ0n) is 11.6. The molecule has 4 nitrogen and oxygen atoms in total. The van der Waals surface area contributed by atoms with Crippen LogP contribution in [0.15, 0.2) is 35.1 Å². The molecule has 21 heavy (non-hydrogen) atoms. The molecule has 0 aliphatic heterocycles. The molecule has 110 valence electrons. The van der Waals surface area contributed by atoms with Crippen LogP contribution in [-0.4, -0.2) is 26.4 Å². The quantitative estimate of drug-likeness (QED) is 0.848. The molecule has 3 rings (SSSR count). The highest BCUT2D eigenvalue weighted by atomic mass is 79.9. The highest BCUT2D eigenvalue weighted by Crippen LogP contribution is 2.31. The van der Waals surface area contributed by atoms with E-state index in [9.17, 15) is 9.18 Å². The van der Waals surface area contributed by atoms with Gasteiger partial charge in [-0.25, -0.2) is 9.37 Å². The Morgan fingerprint density at radius 1 is 1.52 bits per heavy atom. The Bertz CT molecular complexity index is 661. The van der Waals surface area contributed by atoms with Gasteiger partial charge in [0, 0.05) is 30.0 Å². The maximum Gasteiger partial charge on any atom is 0.258 e. The van der Waals surface area contributed by atoms with Crippen LogP contribution in [0.4, 0.5) is 4.39 Å². The van der Waals surface area contributed by atoms with Crippen molar-refractivity contribution < 1.29 is 9.18 Å². The second-order valence-electron chi connectivity index (χ2n) is 5.22. The summed E-state index contributed by atoms with van der Waals surface area (Å²) in [7, 11) is 1.89. The molecular weight excluding hydrogens is 337 g/mol. The standard InChI is InChI=1S/C15H15BrFN3O/c1-19-8-7-18-13(19)9-20(10-5-6-10)15(21)14-11(16)3-2-4-12(14)17/h2-4,7-8,10H,5-6,9H2,1H3. The van der Waals surface area contributed by atoms with Gasteiger partial charge < -0.3 is 9.47 Å². The van der Waals surface area contributed by atoms with Crippen LogP contribution in [0.2, 0.25) is 0 Å². The van der Waals surface area contributed by atoms with Gasteiger partial charge in [0.25, 0.3) is 5.91 Å². The fourth-order valence-electron chi connectivity index (χ4n) is 2.30. The van der Waals surface area contributed by atoms with E-state index in [-0.39, 0.29) is 17.5 Å². The second kappa shape index (κ2) is 5.60. The van der Waals surface area contributed by atoms with E-state index in [1.54, 1.807) is 23.2 Å². The molecular formula is C15H15BrFN3O. The largest absolute Gasteiger partial charge is 0.337 e. The fraction of sp³-hybridized carbons (Fsp3) is 0.333. The topological polar surface area (TPSA) is 38.1 Å². The highest BCUT2D eigenvalue weighted by Gasteiger charge is 2.35. The summed E-state index contributed by atoms with van der Waals surface area (Å²) in [6.45, 7) is 0.397. The summed E-state index contributed by atoms with van der Waals surface area (Å²) in [4.78, 5) is 18.7. The lowest BCUT2D eigenvalue weighted by Gasteiger charge is -2.23. The number of rotatable bonds is 4. The molecule has 0 bridgehead atoms. The van der Waals surface area contributed by atoms with Crippen molar-refractivity contribution in [3.8, 4) is 0 Å². The van der Waals surface area contributed by atoms with Gasteiger partial charge in [-0.05, 0) is 40.9 Å². The number of halogens is 2. The Balaban J connectivity index is 1.91. The summed E-state index contributed by atoms with van der Waals surface area (Å²) < 4.78 is 16.4. The summed E-state index contributed by atoms with van der Waals surface area (Å²) in [5.74, 6) is 0.00746. The number of nitrogens with zero attached hydrogens (tertiary/aromatic N) is 3. The molecule has 6 heteroatoms. The normalized spacial score (nSPS) is 14.2. The Morgan fingerprint density at radius 2 is 2.29 bits per heavy atom. The van der Waals surface area contributed by atoms with Crippen molar-refractivity contribution in [2.24, 2.45) is 7.05 Å². The highest BCUT2D eigenvalue weighted by molar-refractivity contribution is 9.10. The maximum atomic E-state index is 14.0. The summed E-state index contributed by atoms with van der Waals surface area (Å²) in [5, 5.41) is 0. The molecule has 1 aliphatic carbocycles. The van der Waals surface area contributed by atoms with Gasteiger partial charge in [-0.3, -0.25) is 4.79 Å². The number of imidazole rings is 1. The van der Waals surface area contributed by atoms with Crippen LogP contribution in [0.1, 0.15) is 29.0 Å². The Kier molecular flexibility index (Phi) is 3.80. The Morgan fingerprint density at radius 3 is 2.86 bits per heavy atom. The molecule has 2 aromatic rings. The predicted octanol–water partition coefficient (Wildman–Crippen LogP) is 3.13.